The maximum absolute atomic E-state index is 12.6. The number of hydrogen-bond donors (Lipinski definition) is 0. The third-order valence-corrected chi connectivity index (χ3v) is 7.03. The number of fused-ring (bicyclic) bond motifs is 1. The van der Waals surface area contributed by atoms with E-state index in [1.807, 2.05) is 29.6 Å². The summed E-state index contributed by atoms with van der Waals surface area (Å²) in [5.41, 5.74) is 1.68. The molecule has 0 radical (unpaired) electrons. The van der Waals surface area contributed by atoms with Gasteiger partial charge in [-0.1, -0.05) is 23.7 Å². The predicted octanol–water partition coefficient (Wildman–Crippen LogP) is 3.57. The Labute approximate surface area is 158 Å². The molecule has 0 N–H and O–H groups in total. The molecular weight excluding hydrogens is 380 g/mol. The van der Waals surface area contributed by atoms with E-state index in [2.05, 4.69) is 4.98 Å². The average Bonchev–Trinajstić information content (AvgIpc) is 3.31. The van der Waals surface area contributed by atoms with Crippen LogP contribution in [-0.4, -0.2) is 38.9 Å². The first-order chi connectivity index (χ1) is 12.1. The molecule has 0 unspecified atom stereocenters. The van der Waals surface area contributed by atoms with E-state index < -0.39 is 4.87 Å². The lowest BCUT2D eigenvalue weighted by Gasteiger charge is -2.27. The number of halogens is 1. The van der Waals surface area contributed by atoms with E-state index in [1.165, 1.54) is 23.1 Å². The third kappa shape index (κ3) is 3.05. The molecular formula is C17H15ClN2O3S2. The Morgan fingerprint density at radius 2 is 2.16 bits per heavy atom. The van der Waals surface area contributed by atoms with Crippen molar-refractivity contribution in [2.24, 2.45) is 0 Å². The molecule has 0 spiro atoms. The van der Waals surface area contributed by atoms with Gasteiger partial charge in [0, 0.05) is 34.7 Å². The van der Waals surface area contributed by atoms with E-state index in [9.17, 15) is 9.59 Å². The van der Waals surface area contributed by atoms with E-state index in [4.69, 9.17) is 16.3 Å². The molecule has 2 aliphatic rings. The molecule has 25 heavy (non-hydrogen) atoms. The number of rotatable bonds is 4. The number of hydrogen-bond acceptors (Lipinski definition) is 6. The number of nitrogens with zero attached hydrogens (tertiary/aromatic N) is 2. The van der Waals surface area contributed by atoms with Crippen molar-refractivity contribution < 1.29 is 14.3 Å². The number of amides is 1. The smallest absolute Gasteiger partial charge is 0.343 e. The number of carbonyl (C=O) groups is 2. The van der Waals surface area contributed by atoms with Gasteiger partial charge in [-0.3, -0.25) is 4.79 Å². The van der Waals surface area contributed by atoms with Gasteiger partial charge in [0.05, 0.1) is 5.69 Å². The minimum atomic E-state index is -0.813. The van der Waals surface area contributed by atoms with E-state index in [0.29, 0.717) is 30.1 Å². The highest BCUT2D eigenvalue weighted by atomic mass is 35.5. The van der Waals surface area contributed by atoms with Crippen LogP contribution in [0.2, 0.25) is 5.02 Å². The van der Waals surface area contributed by atoms with Crippen LogP contribution in [0.4, 0.5) is 0 Å². The first kappa shape index (κ1) is 16.9. The second kappa shape index (κ2) is 6.63. The lowest BCUT2D eigenvalue weighted by Crippen LogP contribution is -2.46. The minimum absolute atomic E-state index is 0.0423. The van der Waals surface area contributed by atoms with Gasteiger partial charge in [-0.15, -0.1) is 23.1 Å². The molecule has 8 heteroatoms. The number of ether oxygens (including phenoxy) is 1. The van der Waals surface area contributed by atoms with E-state index in [-0.39, 0.29) is 18.5 Å². The molecule has 1 aromatic carbocycles. The van der Waals surface area contributed by atoms with Gasteiger partial charge in [0.25, 0.3) is 0 Å². The molecule has 1 amide bonds. The number of carbonyl (C=O) groups excluding carboxylic acids is 2. The van der Waals surface area contributed by atoms with Crippen LogP contribution in [0.15, 0.2) is 29.6 Å². The van der Waals surface area contributed by atoms with E-state index in [1.54, 1.807) is 4.90 Å². The van der Waals surface area contributed by atoms with E-state index in [0.717, 1.165) is 16.3 Å². The highest BCUT2D eigenvalue weighted by Crippen LogP contribution is 2.45. The Bertz CT molecular complexity index is 824. The molecule has 0 aliphatic carbocycles. The highest BCUT2D eigenvalue weighted by Gasteiger charge is 2.55. The quantitative estimate of drug-likeness (QED) is 0.742. The second-order valence-corrected chi connectivity index (χ2v) is 8.57. The Morgan fingerprint density at radius 3 is 2.96 bits per heavy atom. The number of benzene rings is 1. The number of thioether (sulfide) groups is 1. The molecule has 130 valence electrons. The van der Waals surface area contributed by atoms with Gasteiger partial charge in [-0.2, -0.15) is 0 Å². The van der Waals surface area contributed by atoms with Crippen LogP contribution in [-0.2, 0) is 20.9 Å². The first-order valence-electron chi connectivity index (χ1n) is 7.90. The summed E-state index contributed by atoms with van der Waals surface area (Å²) in [5, 5.41) is 3.42. The fourth-order valence-corrected chi connectivity index (χ4v) is 5.45. The van der Waals surface area contributed by atoms with Crippen LogP contribution in [0, 0.1) is 0 Å². The summed E-state index contributed by atoms with van der Waals surface area (Å²) >= 11 is 8.91. The summed E-state index contributed by atoms with van der Waals surface area (Å²) < 4.78 is 5.50. The molecule has 1 atom stereocenters. The van der Waals surface area contributed by atoms with Crippen LogP contribution in [0.25, 0.3) is 10.6 Å². The number of thiazole rings is 1. The summed E-state index contributed by atoms with van der Waals surface area (Å²) in [6.07, 6.45) is 0.946. The van der Waals surface area contributed by atoms with Crippen LogP contribution in [0.5, 0.6) is 0 Å². The topological polar surface area (TPSA) is 59.5 Å². The highest BCUT2D eigenvalue weighted by molar-refractivity contribution is 8.01. The normalized spacial score (nSPS) is 22.3. The molecule has 3 heterocycles. The summed E-state index contributed by atoms with van der Waals surface area (Å²) in [6, 6.07) is 7.46. The van der Waals surface area contributed by atoms with Crippen molar-refractivity contribution in [3.63, 3.8) is 0 Å². The maximum Gasteiger partial charge on any atom is 0.343 e. The van der Waals surface area contributed by atoms with Crippen LogP contribution < -0.4 is 0 Å². The van der Waals surface area contributed by atoms with Crippen molar-refractivity contribution in [1.29, 1.82) is 0 Å². The Balaban J connectivity index is 1.43. The zero-order chi connectivity index (χ0) is 17.4. The molecule has 0 bridgehead atoms. The van der Waals surface area contributed by atoms with Crippen molar-refractivity contribution in [3.05, 3.63) is 40.4 Å². The predicted molar refractivity (Wildman–Crippen MR) is 98.5 cm³/mol. The minimum Gasteiger partial charge on any atom is -0.457 e. The maximum atomic E-state index is 12.6. The lowest BCUT2D eigenvalue weighted by molar-refractivity contribution is -0.154. The number of aromatic nitrogens is 1. The summed E-state index contributed by atoms with van der Waals surface area (Å²) in [5.74, 6) is 0.487. The van der Waals surface area contributed by atoms with Crippen molar-refractivity contribution in [3.8, 4) is 10.6 Å². The van der Waals surface area contributed by atoms with Crippen molar-refractivity contribution in [2.45, 2.75) is 24.3 Å². The first-order valence-corrected chi connectivity index (χ1v) is 10.1. The Hall–Kier alpha value is -1.57. The van der Waals surface area contributed by atoms with Crippen molar-refractivity contribution in [1.82, 2.24) is 9.88 Å². The standard InChI is InChI=1S/C17H15ClN2O3S2/c18-12-3-1-11(2-4-12)15-19-13(10-24-15)9-23-16(22)17-6-5-14(21)20(17)7-8-25-17/h1-4,10H,5-9H2/t17-/m0/s1. The van der Waals surface area contributed by atoms with Gasteiger partial charge < -0.3 is 9.64 Å². The molecule has 0 saturated carbocycles. The van der Waals surface area contributed by atoms with Gasteiger partial charge in [0.15, 0.2) is 4.87 Å². The molecule has 1 aromatic heterocycles. The van der Waals surface area contributed by atoms with E-state index >= 15 is 0 Å². The summed E-state index contributed by atoms with van der Waals surface area (Å²) in [4.78, 5) is 29.9. The van der Waals surface area contributed by atoms with Crippen molar-refractivity contribution >= 4 is 46.6 Å². The molecule has 2 fully saturated rings. The zero-order valence-corrected chi connectivity index (χ0v) is 15.6. The zero-order valence-electron chi connectivity index (χ0n) is 13.2. The third-order valence-electron chi connectivity index (χ3n) is 4.38. The molecule has 2 saturated heterocycles. The SMILES string of the molecule is O=C1CC[C@@]2(C(=O)OCc3csc(-c4ccc(Cl)cc4)n3)SCCN12. The monoisotopic (exact) mass is 394 g/mol. The lowest BCUT2D eigenvalue weighted by atomic mass is 10.2. The summed E-state index contributed by atoms with van der Waals surface area (Å²) in [6.45, 7) is 0.739. The second-order valence-electron chi connectivity index (χ2n) is 5.91. The Morgan fingerprint density at radius 1 is 1.36 bits per heavy atom. The number of esters is 1. The molecule has 4 rings (SSSR count). The molecule has 2 aliphatic heterocycles. The average molecular weight is 395 g/mol. The fraction of sp³-hybridized carbons (Fsp3) is 0.353. The Kier molecular flexibility index (Phi) is 4.47. The fourth-order valence-electron chi connectivity index (χ4n) is 3.13. The van der Waals surface area contributed by atoms with Crippen LogP contribution in [0.1, 0.15) is 18.5 Å². The largest absolute Gasteiger partial charge is 0.457 e. The summed E-state index contributed by atoms with van der Waals surface area (Å²) in [7, 11) is 0. The van der Waals surface area contributed by atoms with Gasteiger partial charge in [-0.05, 0) is 18.6 Å². The van der Waals surface area contributed by atoms with Gasteiger partial charge in [0.1, 0.15) is 11.6 Å². The van der Waals surface area contributed by atoms with Crippen LogP contribution >= 0.6 is 34.7 Å². The molecule has 2 aromatic rings. The van der Waals surface area contributed by atoms with Gasteiger partial charge >= 0.3 is 5.97 Å². The van der Waals surface area contributed by atoms with Gasteiger partial charge in [-0.25, -0.2) is 9.78 Å². The van der Waals surface area contributed by atoms with Crippen LogP contribution in [0.3, 0.4) is 0 Å². The van der Waals surface area contributed by atoms with Gasteiger partial charge in [0.2, 0.25) is 5.91 Å². The van der Waals surface area contributed by atoms with Crippen molar-refractivity contribution in [2.75, 3.05) is 12.3 Å². The molecule has 5 nitrogen and oxygen atoms in total.